The van der Waals surface area contributed by atoms with Crippen LogP contribution in [0.2, 0.25) is 0 Å². The van der Waals surface area contributed by atoms with E-state index in [4.69, 9.17) is 0 Å². The molecule has 2 N–H and O–H groups in total. The van der Waals surface area contributed by atoms with Gasteiger partial charge in [-0.3, -0.25) is 19.7 Å². The largest absolute Gasteiger partial charge is 0.386 e. The zero-order chi connectivity index (χ0) is 18.4. The van der Waals surface area contributed by atoms with Crippen molar-refractivity contribution in [1.82, 2.24) is 25.2 Å². The topological polar surface area (TPSA) is 94.5 Å². The normalized spacial score (nSPS) is 19.7. The number of carbonyl (C=O) groups excluding carboxylic acids is 1. The second-order valence-electron chi connectivity index (χ2n) is 6.77. The van der Waals surface area contributed by atoms with Crippen molar-refractivity contribution in [3.8, 4) is 0 Å². The molecule has 1 aliphatic rings. The molecule has 0 bridgehead atoms. The third-order valence-electron chi connectivity index (χ3n) is 4.41. The van der Waals surface area contributed by atoms with Gasteiger partial charge in [-0.1, -0.05) is 6.07 Å². The maximum atomic E-state index is 12.2. The summed E-state index contributed by atoms with van der Waals surface area (Å²) in [6.45, 7) is 2.25. The Morgan fingerprint density at radius 1 is 1.35 bits per heavy atom. The van der Waals surface area contributed by atoms with Gasteiger partial charge in [0.2, 0.25) is 5.91 Å². The highest BCUT2D eigenvalue weighted by atomic mass is 16.3. The number of aliphatic hydroxyl groups is 1. The average Bonchev–Trinajstić information content (AvgIpc) is 3.04. The van der Waals surface area contributed by atoms with Crippen LogP contribution in [-0.2, 0) is 11.3 Å². The minimum absolute atomic E-state index is 0.109. The molecule has 0 radical (unpaired) electrons. The van der Waals surface area contributed by atoms with E-state index in [1.54, 1.807) is 31.0 Å². The molecule has 0 aliphatic carbocycles. The van der Waals surface area contributed by atoms with Crippen LogP contribution >= 0.6 is 0 Å². The number of β-amino-alcohol motifs (C(OH)–C–C–N with tert-alkyl or cyclic N) is 1. The molecule has 3 heterocycles. The Labute approximate surface area is 152 Å². The highest BCUT2D eigenvalue weighted by molar-refractivity contribution is 5.78. The van der Waals surface area contributed by atoms with E-state index in [9.17, 15) is 9.90 Å². The van der Waals surface area contributed by atoms with E-state index in [0.29, 0.717) is 26.1 Å². The molecule has 0 saturated carbocycles. The summed E-state index contributed by atoms with van der Waals surface area (Å²) in [5.74, 6) is 0.633. The maximum absolute atomic E-state index is 12.2. The molecule has 1 saturated heterocycles. The Bertz CT molecular complexity index is 714. The summed E-state index contributed by atoms with van der Waals surface area (Å²) < 4.78 is 0. The van der Waals surface area contributed by atoms with E-state index in [-0.39, 0.29) is 19.0 Å². The number of amides is 1. The molecule has 1 aliphatic heterocycles. The van der Waals surface area contributed by atoms with Gasteiger partial charge in [0.05, 0.1) is 12.7 Å². The van der Waals surface area contributed by atoms with Crippen LogP contribution in [0.15, 0.2) is 43.1 Å². The number of pyridine rings is 1. The number of anilines is 1. The smallest absolute Gasteiger partial charge is 0.234 e. The minimum Gasteiger partial charge on any atom is -0.386 e. The zero-order valence-electron chi connectivity index (χ0n) is 14.9. The van der Waals surface area contributed by atoms with Crippen LogP contribution in [0.3, 0.4) is 0 Å². The third-order valence-corrected chi connectivity index (χ3v) is 4.41. The van der Waals surface area contributed by atoms with Gasteiger partial charge in [-0.15, -0.1) is 0 Å². The van der Waals surface area contributed by atoms with Crippen LogP contribution in [0.1, 0.15) is 12.0 Å². The second kappa shape index (κ2) is 8.20. The zero-order valence-corrected chi connectivity index (χ0v) is 14.9. The van der Waals surface area contributed by atoms with E-state index in [1.165, 1.54) is 0 Å². The summed E-state index contributed by atoms with van der Waals surface area (Å²) in [6, 6.07) is 3.85. The van der Waals surface area contributed by atoms with Crippen molar-refractivity contribution in [3.63, 3.8) is 0 Å². The number of nitrogens with zero attached hydrogens (tertiary/aromatic N) is 5. The Hall–Kier alpha value is -2.58. The first kappa shape index (κ1) is 18.2. The van der Waals surface area contributed by atoms with E-state index >= 15 is 0 Å². The predicted octanol–water partition coefficient (Wildman–Crippen LogP) is 0.0610. The van der Waals surface area contributed by atoms with Gasteiger partial charge in [-0.05, 0) is 25.1 Å². The number of hydrogen-bond acceptors (Lipinski definition) is 7. The number of hydrogen-bond donors (Lipinski definition) is 2. The third kappa shape index (κ3) is 4.96. The fourth-order valence-corrected chi connectivity index (χ4v) is 3.07. The molecule has 138 valence electrons. The Morgan fingerprint density at radius 2 is 2.19 bits per heavy atom. The predicted molar refractivity (Wildman–Crippen MR) is 97.4 cm³/mol. The fourth-order valence-electron chi connectivity index (χ4n) is 3.07. The summed E-state index contributed by atoms with van der Waals surface area (Å²) in [7, 11) is 1.88. The molecular weight excluding hydrogens is 332 g/mol. The summed E-state index contributed by atoms with van der Waals surface area (Å²) in [5, 5.41) is 13.6. The van der Waals surface area contributed by atoms with Crippen molar-refractivity contribution in [2.24, 2.45) is 0 Å². The van der Waals surface area contributed by atoms with E-state index in [2.05, 4.69) is 20.3 Å². The summed E-state index contributed by atoms with van der Waals surface area (Å²) in [6.07, 6.45) is 9.02. The van der Waals surface area contributed by atoms with Crippen LogP contribution < -0.4 is 10.2 Å². The number of aromatic nitrogens is 3. The van der Waals surface area contributed by atoms with Gasteiger partial charge in [0.25, 0.3) is 0 Å². The van der Waals surface area contributed by atoms with Gasteiger partial charge in [-0.2, -0.15) is 0 Å². The lowest BCUT2D eigenvalue weighted by Crippen LogP contribution is -2.47. The Balaban J connectivity index is 1.44. The molecule has 8 nitrogen and oxygen atoms in total. The molecule has 1 fully saturated rings. The number of rotatable bonds is 7. The molecule has 8 heteroatoms. The number of nitrogens with one attached hydrogen (secondary N) is 1. The first-order chi connectivity index (χ1) is 12.5. The second-order valence-corrected chi connectivity index (χ2v) is 6.77. The van der Waals surface area contributed by atoms with Gasteiger partial charge < -0.3 is 15.3 Å². The van der Waals surface area contributed by atoms with Gasteiger partial charge in [0, 0.05) is 51.0 Å². The summed E-state index contributed by atoms with van der Waals surface area (Å²) in [5.41, 5.74) is 0.103. The first-order valence-electron chi connectivity index (χ1n) is 8.62. The lowest BCUT2D eigenvalue weighted by molar-refractivity contribution is -0.123. The molecule has 0 aromatic carbocycles. The fraction of sp³-hybridized carbons (Fsp3) is 0.444. The average molecular weight is 356 g/mol. The van der Waals surface area contributed by atoms with Gasteiger partial charge in [0.1, 0.15) is 11.4 Å². The molecule has 3 rings (SSSR count). The van der Waals surface area contributed by atoms with Gasteiger partial charge in [-0.25, -0.2) is 4.98 Å². The minimum atomic E-state index is -0.949. The lowest BCUT2D eigenvalue weighted by Gasteiger charge is -2.24. The highest BCUT2D eigenvalue weighted by Crippen LogP contribution is 2.24. The molecule has 1 amide bonds. The van der Waals surface area contributed by atoms with Crippen molar-refractivity contribution < 1.29 is 9.90 Å². The molecule has 2 aromatic heterocycles. The van der Waals surface area contributed by atoms with Crippen LogP contribution in [0.25, 0.3) is 0 Å². The van der Waals surface area contributed by atoms with E-state index in [1.807, 2.05) is 29.0 Å². The Morgan fingerprint density at radius 3 is 2.92 bits per heavy atom. The molecule has 0 unspecified atom stereocenters. The summed E-state index contributed by atoms with van der Waals surface area (Å²) in [4.78, 5) is 28.5. The lowest BCUT2D eigenvalue weighted by atomic mass is 10.0. The van der Waals surface area contributed by atoms with Crippen molar-refractivity contribution in [2.75, 3.05) is 38.1 Å². The van der Waals surface area contributed by atoms with Crippen LogP contribution in [0, 0.1) is 0 Å². The number of carbonyl (C=O) groups is 1. The highest BCUT2D eigenvalue weighted by Gasteiger charge is 2.37. The van der Waals surface area contributed by atoms with Gasteiger partial charge >= 0.3 is 0 Å². The maximum Gasteiger partial charge on any atom is 0.234 e. The monoisotopic (exact) mass is 356 g/mol. The summed E-state index contributed by atoms with van der Waals surface area (Å²) >= 11 is 0. The molecule has 2 aromatic rings. The van der Waals surface area contributed by atoms with Crippen molar-refractivity contribution in [2.45, 2.75) is 18.6 Å². The van der Waals surface area contributed by atoms with Crippen LogP contribution in [0.4, 0.5) is 5.82 Å². The van der Waals surface area contributed by atoms with Crippen molar-refractivity contribution in [3.05, 3.63) is 48.7 Å². The number of likely N-dealkylation sites (N-methyl/N-ethyl adjacent to an activating group) is 1. The quantitative estimate of drug-likeness (QED) is 0.724. The van der Waals surface area contributed by atoms with Crippen molar-refractivity contribution >= 4 is 11.7 Å². The van der Waals surface area contributed by atoms with E-state index < -0.39 is 5.60 Å². The van der Waals surface area contributed by atoms with E-state index in [0.717, 1.165) is 11.4 Å². The first-order valence-corrected chi connectivity index (χ1v) is 8.62. The van der Waals surface area contributed by atoms with Gasteiger partial charge in [0.15, 0.2) is 0 Å². The van der Waals surface area contributed by atoms with Crippen molar-refractivity contribution in [1.29, 1.82) is 0 Å². The van der Waals surface area contributed by atoms with Crippen LogP contribution in [0.5, 0.6) is 0 Å². The molecule has 0 spiro atoms. The molecule has 1 atom stereocenters. The molecular formula is C18H24N6O2. The molecule has 26 heavy (non-hydrogen) atoms. The standard InChI is InChI=1S/C18H24N6O2/c1-23(11-15-3-2-5-19-9-15)12-17(25)22-13-18(26)4-8-24(14-18)16-10-20-6-7-21-16/h2-3,5-7,9-10,26H,4,8,11-14H2,1H3,(H,22,25)/t18-/m0/s1. The van der Waals surface area contributed by atoms with Crippen LogP contribution in [-0.4, -0.2) is 69.7 Å². The Kier molecular flexibility index (Phi) is 5.75. The SMILES string of the molecule is CN(CC(=O)NC[C@@]1(O)CCN(c2cnccn2)C1)Cc1cccnc1.